The Morgan fingerprint density at radius 1 is 1.21 bits per heavy atom. The summed E-state index contributed by atoms with van der Waals surface area (Å²) in [4.78, 5) is 15.1. The molecule has 0 spiro atoms. The SMILES string of the molecule is Cc1ccc2c(c1)-c1onc(C(=O)NCCN3CCc4ccccc4C3)c1CO2. The predicted octanol–water partition coefficient (Wildman–Crippen LogP) is 3.33. The van der Waals surface area contributed by atoms with Gasteiger partial charge in [-0.05, 0) is 36.6 Å². The number of ether oxygens (including phenoxy) is 1. The number of aromatic nitrogens is 1. The third-order valence-electron chi connectivity index (χ3n) is 5.68. The van der Waals surface area contributed by atoms with Gasteiger partial charge in [-0.1, -0.05) is 41.1 Å². The summed E-state index contributed by atoms with van der Waals surface area (Å²) in [6.07, 6.45) is 1.05. The van der Waals surface area contributed by atoms with Gasteiger partial charge in [0.15, 0.2) is 11.5 Å². The van der Waals surface area contributed by atoms with Gasteiger partial charge in [0.2, 0.25) is 0 Å². The van der Waals surface area contributed by atoms with E-state index in [0.29, 0.717) is 30.2 Å². The summed E-state index contributed by atoms with van der Waals surface area (Å²) in [5.74, 6) is 1.18. The molecule has 3 aromatic rings. The summed E-state index contributed by atoms with van der Waals surface area (Å²) >= 11 is 0. The van der Waals surface area contributed by atoms with Crippen molar-refractivity contribution in [2.24, 2.45) is 0 Å². The lowest BCUT2D eigenvalue weighted by molar-refractivity contribution is 0.0936. The summed E-state index contributed by atoms with van der Waals surface area (Å²) < 4.78 is 11.3. The fraction of sp³-hybridized carbons (Fsp3) is 0.304. The molecule has 0 fully saturated rings. The number of benzene rings is 2. The molecule has 2 aliphatic rings. The number of nitrogens with one attached hydrogen (secondary N) is 1. The van der Waals surface area contributed by atoms with Crippen molar-refractivity contribution in [3.63, 3.8) is 0 Å². The van der Waals surface area contributed by atoms with Crippen molar-refractivity contribution >= 4 is 5.91 Å². The highest BCUT2D eigenvalue weighted by Crippen LogP contribution is 2.39. The molecule has 29 heavy (non-hydrogen) atoms. The zero-order chi connectivity index (χ0) is 19.8. The molecule has 5 rings (SSSR count). The van der Waals surface area contributed by atoms with E-state index in [9.17, 15) is 4.79 Å². The highest BCUT2D eigenvalue weighted by atomic mass is 16.5. The first-order valence-corrected chi connectivity index (χ1v) is 9.99. The Morgan fingerprint density at radius 2 is 2.07 bits per heavy atom. The number of hydrogen-bond donors (Lipinski definition) is 1. The minimum Gasteiger partial charge on any atom is -0.488 e. The van der Waals surface area contributed by atoms with Gasteiger partial charge in [-0.15, -0.1) is 0 Å². The number of carbonyl (C=O) groups is 1. The van der Waals surface area contributed by atoms with Gasteiger partial charge < -0.3 is 14.6 Å². The lowest BCUT2D eigenvalue weighted by Crippen LogP contribution is -2.38. The molecular formula is C23H23N3O3. The second-order valence-corrected chi connectivity index (χ2v) is 7.68. The zero-order valence-electron chi connectivity index (χ0n) is 16.4. The summed E-state index contributed by atoms with van der Waals surface area (Å²) in [6.45, 7) is 5.61. The number of nitrogens with zero attached hydrogens (tertiary/aromatic N) is 2. The van der Waals surface area contributed by atoms with Crippen LogP contribution in [0.2, 0.25) is 0 Å². The number of fused-ring (bicyclic) bond motifs is 4. The van der Waals surface area contributed by atoms with Crippen LogP contribution in [0.15, 0.2) is 47.0 Å². The van der Waals surface area contributed by atoms with Crippen LogP contribution >= 0.6 is 0 Å². The van der Waals surface area contributed by atoms with Crippen LogP contribution in [0.4, 0.5) is 0 Å². The van der Waals surface area contributed by atoms with Gasteiger partial charge in [-0.25, -0.2) is 0 Å². The van der Waals surface area contributed by atoms with Crippen LogP contribution in [0.5, 0.6) is 5.75 Å². The average Bonchev–Trinajstić information content (AvgIpc) is 3.18. The first-order valence-electron chi connectivity index (χ1n) is 9.99. The molecule has 6 heteroatoms. The molecule has 148 valence electrons. The van der Waals surface area contributed by atoms with Crippen molar-refractivity contribution in [3.05, 3.63) is 70.4 Å². The van der Waals surface area contributed by atoms with E-state index in [1.165, 1.54) is 11.1 Å². The molecule has 2 aromatic carbocycles. The third-order valence-corrected chi connectivity index (χ3v) is 5.68. The van der Waals surface area contributed by atoms with E-state index in [0.717, 1.165) is 42.9 Å². The number of hydrogen-bond acceptors (Lipinski definition) is 5. The van der Waals surface area contributed by atoms with Crippen LogP contribution < -0.4 is 10.1 Å². The lowest BCUT2D eigenvalue weighted by atomic mass is 10.00. The first kappa shape index (κ1) is 17.9. The normalized spacial score (nSPS) is 15.1. The minimum atomic E-state index is -0.216. The van der Waals surface area contributed by atoms with Crippen molar-refractivity contribution < 1.29 is 14.1 Å². The van der Waals surface area contributed by atoms with Crippen LogP contribution in [0, 0.1) is 6.92 Å². The molecular weight excluding hydrogens is 366 g/mol. The Hall–Kier alpha value is -3.12. The maximum Gasteiger partial charge on any atom is 0.273 e. The van der Waals surface area contributed by atoms with Crippen molar-refractivity contribution in [3.8, 4) is 17.1 Å². The third kappa shape index (κ3) is 3.40. The molecule has 0 aliphatic carbocycles. The molecule has 0 unspecified atom stereocenters. The molecule has 0 atom stereocenters. The van der Waals surface area contributed by atoms with Gasteiger partial charge in [-0.3, -0.25) is 9.69 Å². The van der Waals surface area contributed by atoms with Gasteiger partial charge in [-0.2, -0.15) is 0 Å². The molecule has 0 saturated carbocycles. The Balaban J connectivity index is 1.23. The van der Waals surface area contributed by atoms with E-state index in [2.05, 4.69) is 39.6 Å². The minimum absolute atomic E-state index is 0.216. The van der Waals surface area contributed by atoms with Crippen LogP contribution in [0.25, 0.3) is 11.3 Å². The Kier molecular flexibility index (Phi) is 4.56. The Bertz CT molecular complexity index is 1070. The summed E-state index contributed by atoms with van der Waals surface area (Å²) in [7, 11) is 0. The predicted molar refractivity (Wildman–Crippen MR) is 109 cm³/mol. The molecule has 0 radical (unpaired) electrons. The highest BCUT2D eigenvalue weighted by Gasteiger charge is 2.29. The molecule has 1 N–H and O–H groups in total. The van der Waals surface area contributed by atoms with E-state index < -0.39 is 0 Å². The van der Waals surface area contributed by atoms with Crippen molar-refractivity contribution in [1.29, 1.82) is 0 Å². The summed E-state index contributed by atoms with van der Waals surface area (Å²) in [6, 6.07) is 14.5. The molecule has 3 heterocycles. The second kappa shape index (κ2) is 7.37. The molecule has 0 bridgehead atoms. The van der Waals surface area contributed by atoms with Crippen LogP contribution in [-0.2, 0) is 19.6 Å². The maximum atomic E-state index is 12.7. The van der Waals surface area contributed by atoms with Gasteiger partial charge in [0, 0.05) is 26.2 Å². The molecule has 1 amide bonds. The molecule has 6 nitrogen and oxygen atoms in total. The van der Waals surface area contributed by atoms with Crippen LogP contribution in [-0.4, -0.2) is 35.6 Å². The molecule has 0 saturated heterocycles. The fourth-order valence-corrected chi connectivity index (χ4v) is 4.09. The number of amides is 1. The second-order valence-electron chi connectivity index (χ2n) is 7.68. The summed E-state index contributed by atoms with van der Waals surface area (Å²) in [5.41, 5.74) is 5.79. The van der Waals surface area contributed by atoms with E-state index >= 15 is 0 Å². The van der Waals surface area contributed by atoms with E-state index in [4.69, 9.17) is 9.26 Å². The van der Waals surface area contributed by atoms with Crippen LogP contribution in [0.3, 0.4) is 0 Å². The van der Waals surface area contributed by atoms with E-state index in [-0.39, 0.29) is 5.91 Å². The number of aryl methyl sites for hydroxylation is 1. The van der Waals surface area contributed by atoms with Crippen molar-refractivity contribution in [2.45, 2.75) is 26.5 Å². The maximum absolute atomic E-state index is 12.7. The van der Waals surface area contributed by atoms with Crippen LogP contribution in [0.1, 0.15) is 32.7 Å². The molecule has 1 aromatic heterocycles. The average molecular weight is 389 g/mol. The summed E-state index contributed by atoms with van der Waals surface area (Å²) in [5, 5.41) is 7.02. The smallest absolute Gasteiger partial charge is 0.273 e. The molecule has 2 aliphatic heterocycles. The monoisotopic (exact) mass is 389 g/mol. The Morgan fingerprint density at radius 3 is 2.97 bits per heavy atom. The van der Waals surface area contributed by atoms with E-state index in [1.807, 2.05) is 25.1 Å². The van der Waals surface area contributed by atoms with Gasteiger partial charge >= 0.3 is 0 Å². The van der Waals surface area contributed by atoms with E-state index in [1.54, 1.807) is 0 Å². The quantitative estimate of drug-likeness (QED) is 0.741. The number of rotatable bonds is 4. The van der Waals surface area contributed by atoms with Gasteiger partial charge in [0.1, 0.15) is 12.4 Å². The topological polar surface area (TPSA) is 67.6 Å². The zero-order valence-corrected chi connectivity index (χ0v) is 16.4. The standard InChI is InChI=1S/C23H23N3O3/c1-15-6-7-20-18(12-15)22-19(14-28-20)21(25-29-22)23(27)24-9-11-26-10-8-16-4-2-3-5-17(16)13-26/h2-7,12H,8-11,13-14H2,1H3,(H,24,27). The number of carbonyl (C=O) groups excluding carboxylic acids is 1. The highest BCUT2D eigenvalue weighted by molar-refractivity contribution is 5.95. The largest absolute Gasteiger partial charge is 0.488 e. The van der Waals surface area contributed by atoms with Gasteiger partial charge in [0.05, 0.1) is 11.1 Å². The van der Waals surface area contributed by atoms with Crippen molar-refractivity contribution in [2.75, 3.05) is 19.6 Å². The lowest BCUT2D eigenvalue weighted by Gasteiger charge is -2.28. The first-order chi connectivity index (χ1) is 14.2. The Labute approximate surface area is 169 Å². The van der Waals surface area contributed by atoms with Gasteiger partial charge in [0.25, 0.3) is 5.91 Å². The van der Waals surface area contributed by atoms with Crippen molar-refractivity contribution in [1.82, 2.24) is 15.4 Å². The fourth-order valence-electron chi connectivity index (χ4n) is 4.09.